The molecule has 0 saturated carbocycles. The molecule has 0 heterocycles. The van der Waals surface area contributed by atoms with Gasteiger partial charge < -0.3 is 4.74 Å². The summed E-state index contributed by atoms with van der Waals surface area (Å²) in [6, 6.07) is 0. The molecule has 0 fully saturated rings. The van der Waals surface area contributed by atoms with E-state index >= 15 is 0 Å². The molecule has 0 aromatic heterocycles. The third-order valence-corrected chi connectivity index (χ3v) is 2.70. The van der Waals surface area contributed by atoms with E-state index < -0.39 is 0 Å². The third-order valence-electron chi connectivity index (χ3n) is 2.70. The Labute approximate surface area is 99.9 Å². The second-order valence-electron chi connectivity index (χ2n) is 5.38. The third kappa shape index (κ3) is 3.97. The van der Waals surface area contributed by atoms with E-state index in [1.54, 1.807) is 0 Å². The molecule has 1 aliphatic carbocycles. The highest BCUT2D eigenvalue weighted by Gasteiger charge is 2.26. The van der Waals surface area contributed by atoms with Gasteiger partial charge in [-0.2, -0.15) is 0 Å². The number of hydrogen-bond acceptors (Lipinski definition) is 1. The lowest BCUT2D eigenvalue weighted by Crippen LogP contribution is -2.26. The van der Waals surface area contributed by atoms with Crippen molar-refractivity contribution in [2.24, 2.45) is 0 Å². The zero-order valence-corrected chi connectivity index (χ0v) is 11.2. The van der Waals surface area contributed by atoms with Crippen molar-refractivity contribution >= 4 is 0 Å². The SMILES string of the molecule is C/C=C\C=C/C1=C(C)CCC1OC(C)(C)C. The van der Waals surface area contributed by atoms with Crippen LogP contribution in [-0.4, -0.2) is 11.7 Å². The molecule has 90 valence electrons. The zero-order valence-electron chi connectivity index (χ0n) is 11.2. The quantitative estimate of drug-likeness (QED) is 0.640. The Kier molecular flexibility index (Phi) is 4.55. The summed E-state index contributed by atoms with van der Waals surface area (Å²) in [5, 5.41) is 0. The first kappa shape index (κ1) is 13.2. The first-order chi connectivity index (χ1) is 7.44. The minimum atomic E-state index is -0.0605. The topological polar surface area (TPSA) is 9.23 Å². The molecular formula is C15H24O. The van der Waals surface area contributed by atoms with Crippen LogP contribution in [0.1, 0.15) is 47.5 Å². The summed E-state index contributed by atoms with van der Waals surface area (Å²) in [4.78, 5) is 0. The van der Waals surface area contributed by atoms with E-state index in [4.69, 9.17) is 4.74 Å². The molecule has 0 spiro atoms. The summed E-state index contributed by atoms with van der Waals surface area (Å²) in [6.07, 6.45) is 11.0. The summed E-state index contributed by atoms with van der Waals surface area (Å²) in [6.45, 7) is 10.6. The van der Waals surface area contributed by atoms with Crippen LogP contribution in [0.3, 0.4) is 0 Å². The van der Waals surface area contributed by atoms with Gasteiger partial charge in [0.05, 0.1) is 11.7 Å². The van der Waals surface area contributed by atoms with E-state index in [0.717, 1.165) is 12.8 Å². The maximum Gasteiger partial charge on any atom is 0.0834 e. The lowest BCUT2D eigenvalue weighted by molar-refractivity contribution is -0.0407. The molecule has 1 unspecified atom stereocenters. The molecule has 0 N–H and O–H groups in total. The molecule has 0 saturated heterocycles. The first-order valence-corrected chi connectivity index (χ1v) is 6.11. The van der Waals surface area contributed by atoms with E-state index in [2.05, 4.69) is 45.9 Å². The molecule has 1 atom stereocenters. The van der Waals surface area contributed by atoms with Gasteiger partial charge in [-0.25, -0.2) is 0 Å². The molecule has 0 aliphatic heterocycles. The summed E-state index contributed by atoms with van der Waals surface area (Å²) in [5.41, 5.74) is 2.78. The monoisotopic (exact) mass is 220 g/mol. The molecule has 0 aromatic carbocycles. The molecule has 0 bridgehead atoms. The highest BCUT2D eigenvalue weighted by molar-refractivity contribution is 5.34. The van der Waals surface area contributed by atoms with E-state index in [9.17, 15) is 0 Å². The van der Waals surface area contributed by atoms with Crippen molar-refractivity contribution in [1.82, 2.24) is 0 Å². The van der Waals surface area contributed by atoms with Crippen molar-refractivity contribution in [3.05, 3.63) is 35.5 Å². The second kappa shape index (κ2) is 5.49. The van der Waals surface area contributed by atoms with Crippen LogP contribution in [-0.2, 0) is 4.74 Å². The van der Waals surface area contributed by atoms with Gasteiger partial charge >= 0.3 is 0 Å². The minimum Gasteiger partial charge on any atom is -0.368 e. The standard InChI is InChI=1S/C15H24O/c1-6-7-8-9-13-12(2)10-11-14(13)16-15(3,4)5/h6-9,14H,10-11H2,1-5H3/b7-6-,9-8-. The van der Waals surface area contributed by atoms with Crippen LogP contribution in [0.5, 0.6) is 0 Å². The maximum absolute atomic E-state index is 6.08. The van der Waals surface area contributed by atoms with Gasteiger partial charge in [0.25, 0.3) is 0 Å². The Morgan fingerprint density at radius 3 is 2.50 bits per heavy atom. The summed E-state index contributed by atoms with van der Waals surface area (Å²) < 4.78 is 6.08. The van der Waals surface area contributed by atoms with Gasteiger partial charge in [-0.05, 0) is 53.0 Å². The smallest absolute Gasteiger partial charge is 0.0834 e. The van der Waals surface area contributed by atoms with Crippen molar-refractivity contribution in [2.45, 2.75) is 59.2 Å². The van der Waals surface area contributed by atoms with E-state index in [0.29, 0.717) is 0 Å². The fourth-order valence-corrected chi connectivity index (χ4v) is 1.99. The summed E-state index contributed by atoms with van der Waals surface area (Å²) >= 11 is 0. The average Bonchev–Trinajstić information content (AvgIpc) is 2.47. The average molecular weight is 220 g/mol. The molecule has 1 rings (SSSR count). The Morgan fingerprint density at radius 1 is 1.25 bits per heavy atom. The van der Waals surface area contributed by atoms with Gasteiger partial charge in [-0.15, -0.1) is 0 Å². The summed E-state index contributed by atoms with van der Waals surface area (Å²) in [5.74, 6) is 0. The Morgan fingerprint density at radius 2 is 1.94 bits per heavy atom. The number of allylic oxidation sites excluding steroid dienone is 4. The van der Waals surface area contributed by atoms with Crippen molar-refractivity contribution in [3.8, 4) is 0 Å². The predicted molar refractivity (Wildman–Crippen MR) is 70.5 cm³/mol. The maximum atomic E-state index is 6.08. The Hall–Kier alpha value is -0.820. The molecule has 1 heteroatoms. The van der Waals surface area contributed by atoms with Gasteiger partial charge in [-0.3, -0.25) is 0 Å². The predicted octanol–water partition coefficient (Wildman–Crippen LogP) is 4.41. The zero-order chi connectivity index (χ0) is 12.2. The molecule has 16 heavy (non-hydrogen) atoms. The van der Waals surface area contributed by atoms with E-state index in [1.807, 2.05) is 13.0 Å². The summed E-state index contributed by atoms with van der Waals surface area (Å²) in [7, 11) is 0. The molecule has 1 aliphatic rings. The molecule has 0 aromatic rings. The molecular weight excluding hydrogens is 196 g/mol. The lowest BCUT2D eigenvalue weighted by atomic mass is 10.1. The fraction of sp³-hybridized carbons (Fsp3) is 0.600. The number of rotatable bonds is 3. The number of hydrogen-bond donors (Lipinski definition) is 0. The van der Waals surface area contributed by atoms with Gasteiger partial charge in [-0.1, -0.05) is 29.9 Å². The lowest BCUT2D eigenvalue weighted by Gasteiger charge is -2.26. The fourth-order valence-electron chi connectivity index (χ4n) is 1.99. The van der Waals surface area contributed by atoms with Crippen molar-refractivity contribution in [3.63, 3.8) is 0 Å². The van der Waals surface area contributed by atoms with E-state index in [1.165, 1.54) is 11.1 Å². The van der Waals surface area contributed by atoms with Crippen LogP contribution in [0.2, 0.25) is 0 Å². The van der Waals surface area contributed by atoms with Crippen LogP contribution in [0, 0.1) is 0 Å². The Bertz CT molecular complexity index is 313. The number of ether oxygens (including phenoxy) is 1. The van der Waals surface area contributed by atoms with Gasteiger partial charge in [0.1, 0.15) is 0 Å². The van der Waals surface area contributed by atoms with Gasteiger partial charge in [0.15, 0.2) is 0 Å². The van der Waals surface area contributed by atoms with Crippen molar-refractivity contribution in [1.29, 1.82) is 0 Å². The van der Waals surface area contributed by atoms with Crippen LogP contribution in [0.4, 0.5) is 0 Å². The first-order valence-electron chi connectivity index (χ1n) is 6.11. The van der Waals surface area contributed by atoms with Crippen LogP contribution in [0.25, 0.3) is 0 Å². The van der Waals surface area contributed by atoms with Crippen LogP contribution >= 0.6 is 0 Å². The minimum absolute atomic E-state index is 0.0605. The van der Waals surface area contributed by atoms with Crippen molar-refractivity contribution < 1.29 is 4.74 Å². The van der Waals surface area contributed by atoms with Gasteiger partial charge in [0, 0.05) is 0 Å². The molecule has 0 amide bonds. The van der Waals surface area contributed by atoms with Crippen molar-refractivity contribution in [2.75, 3.05) is 0 Å². The van der Waals surface area contributed by atoms with Crippen LogP contribution < -0.4 is 0 Å². The largest absolute Gasteiger partial charge is 0.368 e. The second-order valence-corrected chi connectivity index (χ2v) is 5.38. The van der Waals surface area contributed by atoms with Crippen LogP contribution in [0.15, 0.2) is 35.5 Å². The Balaban J connectivity index is 2.73. The normalized spacial score (nSPS) is 22.9. The van der Waals surface area contributed by atoms with E-state index in [-0.39, 0.29) is 11.7 Å². The highest BCUT2D eigenvalue weighted by atomic mass is 16.5. The molecule has 0 radical (unpaired) electrons. The molecule has 1 nitrogen and oxygen atoms in total. The highest BCUT2D eigenvalue weighted by Crippen LogP contribution is 2.32. The van der Waals surface area contributed by atoms with Gasteiger partial charge in [0.2, 0.25) is 0 Å².